The minimum atomic E-state index is -4.17. The number of benzene rings is 2. The normalized spacial score (nSPS) is 10.6. The van der Waals surface area contributed by atoms with Gasteiger partial charge in [0.15, 0.2) is 5.75 Å². The van der Waals surface area contributed by atoms with Gasteiger partial charge in [0, 0.05) is 0 Å². The lowest BCUT2D eigenvalue weighted by molar-refractivity contribution is -0.143. The molecule has 0 saturated carbocycles. The zero-order valence-electron chi connectivity index (χ0n) is 15.7. The van der Waals surface area contributed by atoms with Crippen LogP contribution in [0.4, 0.5) is 0 Å². The molecule has 0 unspecified atom stereocenters. The Morgan fingerprint density at radius 1 is 0.966 bits per heavy atom. The van der Waals surface area contributed by atoms with Gasteiger partial charge in [-0.2, -0.15) is 8.42 Å². The first-order chi connectivity index (χ1) is 13.7. The van der Waals surface area contributed by atoms with Gasteiger partial charge in [-0.1, -0.05) is 29.8 Å². The van der Waals surface area contributed by atoms with Crippen molar-refractivity contribution in [1.29, 1.82) is 0 Å². The second-order valence-electron chi connectivity index (χ2n) is 5.43. The molecule has 0 saturated heterocycles. The van der Waals surface area contributed by atoms with Crippen LogP contribution in [0.25, 0.3) is 6.08 Å². The van der Waals surface area contributed by atoms with Crippen molar-refractivity contribution < 1.29 is 36.4 Å². The lowest BCUT2D eigenvalue weighted by Crippen LogP contribution is -2.15. The molecule has 10 heteroatoms. The predicted molar refractivity (Wildman–Crippen MR) is 104 cm³/mol. The Kier molecular flexibility index (Phi) is 7.24. The zero-order valence-corrected chi connectivity index (χ0v) is 17.2. The van der Waals surface area contributed by atoms with Gasteiger partial charge in [-0.25, -0.2) is 9.59 Å². The molecule has 0 aliphatic rings. The summed E-state index contributed by atoms with van der Waals surface area (Å²) in [6.45, 7) is 0. The molecule has 0 N–H and O–H groups in total. The molecule has 0 aliphatic carbocycles. The summed E-state index contributed by atoms with van der Waals surface area (Å²) in [7, 11) is -0.668. The zero-order chi connectivity index (χ0) is 21.6. The molecule has 8 nitrogen and oxygen atoms in total. The third kappa shape index (κ3) is 5.27. The van der Waals surface area contributed by atoms with Crippen LogP contribution in [0.15, 0.2) is 52.9 Å². The Morgan fingerprint density at radius 2 is 1.55 bits per heavy atom. The first-order valence-electron chi connectivity index (χ1n) is 7.99. The number of carbonyl (C=O) groups is 2. The molecule has 2 rings (SSSR count). The molecule has 0 spiro atoms. The van der Waals surface area contributed by atoms with Gasteiger partial charge in [0.05, 0.1) is 26.4 Å². The number of ether oxygens (including phenoxy) is 3. The van der Waals surface area contributed by atoms with Gasteiger partial charge >= 0.3 is 22.1 Å². The van der Waals surface area contributed by atoms with Crippen molar-refractivity contribution in [2.24, 2.45) is 0 Å². The van der Waals surface area contributed by atoms with E-state index >= 15 is 0 Å². The lowest BCUT2D eigenvalue weighted by atomic mass is 10.1. The van der Waals surface area contributed by atoms with Gasteiger partial charge in [-0.05, 0) is 35.9 Å². The number of rotatable bonds is 7. The smallest absolute Gasteiger partial charge is 0.345 e. The van der Waals surface area contributed by atoms with Crippen LogP contribution in [0, 0.1) is 0 Å². The third-order valence-corrected chi connectivity index (χ3v) is 5.11. The summed E-state index contributed by atoms with van der Waals surface area (Å²) < 4.78 is 44.4. The number of esters is 2. The van der Waals surface area contributed by atoms with Gasteiger partial charge in [0.1, 0.15) is 10.5 Å². The highest BCUT2D eigenvalue weighted by Gasteiger charge is 2.23. The first-order valence-corrected chi connectivity index (χ1v) is 9.77. The molecule has 0 fully saturated rings. The largest absolute Gasteiger partial charge is 0.493 e. The Bertz CT molecular complexity index is 1030. The average molecular weight is 441 g/mol. The number of methoxy groups -OCH3 is 3. The molecule has 29 heavy (non-hydrogen) atoms. The van der Waals surface area contributed by atoms with Crippen LogP contribution in [0.1, 0.15) is 5.56 Å². The summed E-state index contributed by atoms with van der Waals surface area (Å²) in [5.74, 6) is -2.11. The van der Waals surface area contributed by atoms with E-state index < -0.39 is 27.6 Å². The van der Waals surface area contributed by atoms with Crippen LogP contribution >= 0.6 is 11.6 Å². The lowest BCUT2D eigenvalue weighted by Gasteiger charge is -2.13. The van der Waals surface area contributed by atoms with E-state index in [1.54, 1.807) is 18.2 Å². The molecule has 0 heterocycles. The highest BCUT2D eigenvalue weighted by atomic mass is 35.5. The molecular weight excluding hydrogens is 424 g/mol. The van der Waals surface area contributed by atoms with Crippen molar-refractivity contribution in [3.05, 3.63) is 58.6 Å². The van der Waals surface area contributed by atoms with E-state index in [1.165, 1.54) is 37.5 Å². The second-order valence-corrected chi connectivity index (χ2v) is 7.38. The van der Waals surface area contributed by atoms with Gasteiger partial charge < -0.3 is 18.4 Å². The molecular formula is C19H17ClO8S. The van der Waals surface area contributed by atoms with Crippen molar-refractivity contribution in [3.8, 4) is 11.5 Å². The Morgan fingerprint density at radius 3 is 2.07 bits per heavy atom. The van der Waals surface area contributed by atoms with E-state index in [2.05, 4.69) is 9.47 Å². The molecule has 0 bridgehead atoms. The maximum atomic E-state index is 12.5. The van der Waals surface area contributed by atoms with Crippen molar-refractivity contribution in [2.75, 3.05) is 21.3 Å². The highest BCUT2D eigenvalue weighted by molar-refractivity contribution is 7.87. The van der Waals surface area contributed by atoms with E-state index in [0.29, 0.717) is 0 Å². The van der Waals surface area contributed by atoms with E-state index in [-0.39, 0.29) is 27.0 Å². The number of hydrogen-bond acceptors (Lipinski definition) is 8. The monoisotopic (exact) mass is 440 g/mol. The van der Waals surface area contributed by atoms with Crippen LogP contribution < -0.4 is 8.92 Å². The number of carbonyl (C=O) groups excluding carboxylic acids is 2. The van der Waals surface area contributed by atoms with Gasteiger partial charge in [0.2, 0.25) is 5.75 Å². The molecule has 2 aromatic rings. The molecule has 0 amide bonds. The molecule has 0 atom stereocenters. The molecule has 0 aromatic heterocycles. The minimum absolute atomic E-state index is 0.0302. The average Bonchev–Trinajstić information content (AvgIpc) is 2.73. The quantitative estimate of drug-likeness (QED) is 0.213. The van der Waals surface area contributed by atoms with Crippen molar-refractivity contribution >= 4 is 39.7 Å². The fraction of sp³-hybridized carbons (Fsp3) is 0.158. The Balaban J connectivity index is 2.50. The van der Waals surface area contributed by atoms with Crippen LogP contribution in [-0.4, -0.2) is 41.7 Å². The molecule has 154 valence electrons. The number of halogens is 1. The standard InChI is InChI=1S/C19H17ClO8S/c1-25-16-11-12(9-14(18(21)26-2)19(22)27-3)10-15(20)17(16)28-29(23,24)13-7-5-4-6-8-13/h4-11H,1-3H3. The fourth-order valence-corrected chi connectivity index (χ4v) is 3.52. The van der Waals surface area contributed by atoms with Gasteiger partial charge in [0.25, 0.3) is 0 Å². The van der Waals surface area contributed by atoms with Gasteiger partial charge in [-0.15, -0.1) is 0 Å². The second kappa shape index (κ2) is 9.44. The SMILES string of the molecule is COC(=O)C(=Cc1cc(Cl)c(OS(=O)(=O)c2ccccc2)c(OC)c1)C(=O)OC. The maximum absolute atomic E-state index is 12.5. The van der Waals surface area contributed by atoms with Crippen molar-refractivity contribution in [1.82, 2.24) is 0 Å². The summed E-state index contributed by atoms with van der Waals surface area (Å²) in [4.78, 5) is 23.5. The summed E-state index contributed by atoms with van der Waals surface area (Å²) in [6, 6.07) is 10.1. The first kappa shape index (κ1) is 22.3. The molecule has 2 aromatic carbocycles. The summed E-state index contributed by atoms with van der Waals surface area (Å²) in [6.07, 6.45) is 1.17. The molecule has 0 radical (unpaired) electrons. The Labute approximate surface area is 172 Å². The van der Waals surface area contributed by atoms with Crippen LogP contribution in [0.2, 0.25) is 5.02 Å². The van der Waals surface area contributed by atoms with E-state index in [0.717, 1.165) is 14.2 Å². The van der Waals surface area contributed by atoms with E-state index in [9.17, 15) is 18.0 Å². The summed E-state index contributed by atoms with van der Waals surface area (Å²) in [5, 5.41) is -0.121. The van der Waals surface area contributed by atoms with E-state index in [1.807, 2.05) is 0 Å². The molecule has 0 aliphatic heterocycles. The summed E-state index contributed by atoms with van der Waals surface area (Å²) >= 11 is 6.19. The van der Waals surface area contributed by atoms with Crippen molar-refractivity contribution in [2.45, 2.75) is 4.90 Å². The van der Waals surface area contributed by atoms with Crippen LogP contribution in [-0.2, 0) is 29.2 Å². The Hall–Kier alpha value is -3.04. The van der Waals surface area contributed by atoms with Crippen LogP contribution in [0.3, 0.4) is 0 Å². The summed E-state index contributed by atoms with van der Waals surface area (Å²) in [5.41, 5.74) is -0.138. The minimum Gasteiger partial charge on any atom is -0.493 e. The number of hydrogen-bond donors (Lipinski definition) is 0. The third-order valence-electron chi connectivity index (χ3n) is 3.60. The van der Waals surface area contributed by atoms with E-state index in [4.69, 9.17) is 20.5 Å². The highest BCUT2D eigenvalue weighted by Crippen LogP contribution is 2.38. The van der Waals surface area contributed by atoms with Gasteiger partial charge in [-0.3, -0.25) is 0 Å². The fourth-order valence-electron chi connectivity index (χ4n) is 2.24. The predicted octanol–water partition coefficient (Wildman–Crippen LogP) is 2.85. The van der Waals surface area contributed by atoms with Crippen LogP contribution in [0.5, 0.6) is 11.5 Å². The maximum Gasteiger partial charge on any atom is 0.345 e. The topological polar surface area (TPSA) is 105 Å². The van der Waals surface area contributed by atoms with Crippen molar-refractivity contribution in [3.63, 3.8) is 0 Å².